The summed E-state index contributed by atoms with van der Waals surface area (Å²) in [6, 6.07) is 7.54. The highest BCUT2D eigenvalue weighted by atomic mass is 16.5. The Balaban J connectivity index is 2.27. The number of primary amides is 1. The van der Waals surface area contributed by atoms with Gasteiger partial charge in [-0.2, -0.15) is 0 Å². The highest BCUT2D eigenvalue weighted by Crippen LogP contribution is 2.25. The van der Waals surface area contributed by atoms with Crippen LogP contribution in [0.5, 0.6) is 11.6 Å². The van der Waals surface area contributed by atoms with Gasteiger partial charge in [-0.15, -0.1) is 0 Å². The normalized spacial score (nSPS) is 10.1. The molecule has 0 aliphatic rings. The molecule has 0 saturated carbocycles. The molecule has 0 unspecified atom stereocenters. The van der Waals surface area contributed by atoms with E-state index in [4.69, 9.17) is 15.6 Å². The Hall–Kier alpha value is -2.89. The molecule has 0 spiro atoms. The summed E-state index contributed by atoms with van der Waals surface area (Å²) in [6.45, 7) is 1.79. The lowest BCUT2D eigenvalue weighted by molar-refractivity contribution is 0.0696. The van der Waals surface area contributed by atoms with E-state index >= 15 is 0 Å². The van der Waals surface area contributed by atoms with Crippen LogP contribution in [0.4, 0.5) is 0 Å². The topological polar surface area (TPSA) is 103 Å². The van der Waals surface area contributed by atoms with Gasteiger partial charge in [0.1, 0.15) is 5.75 Å². The summed E-state index contributed by atoms with van der Waals surface area (Å²) in [5.41, 5.74) is 6.28. The molecule has 1 heterocycles. The molecule has 0 saturated heterocycles. The first-order valence-electron chi connectivity index (χ1n) is 5.75. The highest BCUT2D eigenvalue weighted by molar-refractivity contribution is 5.92. The van der Waals surface area contributed by atoms with Crippen molar-refractivity contribution < 1.29 is 19.4 Å². The maximum Gasteiger partial charge on any atom is 0.335 e. The van der Waals surface area contributed by atoms with Crippen molar-refractivity contribution in [1.29, 1.82) is 0 Å². The number of ether oxygens (including phenoxy) is 1. The van der Waals surface area contributed by atoms with Crippen molar-refractivity contribution in [1.82, 2.24) is 4.98 Å². The van der Waals surface area contributed by atoms with Crippen molar-refractivity contribution in [2.45, 2.75) is 6.92 Å². The third-order valence-corrected chi connectivity index (χ3v) is 2.67. The van der Waals surface area contributed by atoms with Gasteiger partial charge in [-0.25, -0.2) is 9.78 Å². The molecule has 2 rings (SSSR count). The first kappa shape index (κ1) is 13.5. The van der Waals surface area contributed by atoms with Crippen molar-refractivity contribution >= 4 is 11.9 Å². The molecule has 1 amide bonds. The zero-order valence-corrected chi connectivity index (χ0v) is 10.7. The van der Waals surface area contributed by atoms with E-state index in [1.165, 1.54) is 30.5 Å². The van der Waals surface area contributed by atoms with Crippen LogP contribution < -0.4 is 10.5 Å². The van der Waals surface area contributed by atoms with Gasteiger partial charge in [0.2, 0.25) is 11.8 Å². The fourth-order valence-electron chi connectivity index (χ4n) is 1.54. The molecule has 3 N–H and O–H groups in total. The van der Waals surface area contributed by atoms with Crippen molar-refractivity contribution in [2.75, 3.05) is 0 Å². The molecule has 1 aromatic carbocycles. The second kappa shape index (κ2) is 5.40. The van der Waals surface area contributed by atoms with Gasteiger partial charge in [0, 0.05) is 12.3 Å². The maximum atomic E-state index is 10.9. The lowest BCUT2D eigenvalue weighted by atomic mass is 10.1. The number of pyridine rings is 1. The number of aryl methyl sites for hydroxylation is 1. The molecule has 1 aromatic heterocycles. The summed E-state index contributed by atoms with van der Waals surface area (Å²) in [5.74, 6) is -0.968. The van der Waals surface area contributed by atoms with Gasteiger partial charge in [0.25, 0.3) is 0 Å². The van der Waals surface area contributed by atoms with Gasteiger partial charge in [-0.3, -0.25) is 4.79 Å². The predicted octanol–water partition coefficient (Wildman–Crippen LogP) is 1.98. The van der Waals surface area contributed by atoms with Gasteiger partial charge in [-0.05, 0) is 30.7 Å². The first-order valence-corrected chi connectivity index (χ1v) is 5.75. The Morgan fingerprint density at radius 1 is 1.20 bits per heavy atom. The number of carboxylic acid groups (broad SMARTS) is 1. The number of carboxylic acids is 1. The minimum atomic E-state index is -1.04. The highest BCUT2D eigenvalue weighted by Gasteiger charge is 2.09. The van der Waals surface area contributed by atoms with Gasteiger partial charge < -0.3 is 15.6 Å². The van der Waals surface area contributed by atoms with E-state index in [2.05, 4.69) is 4.98 Å². The van der Waals surface area contributed by atoms with Gasteiger partial charge in [-0.1, -0.05) is 6.07 Å². The van der Waals surface area contributed by atoms with Crippen LogP contribution in [0.15, 0.2) is 36.5 Å². The predicted molar refractivity (Wildman–Crippen MR) is 71.0 cm³/mol. The molecule has 0 fully saturated rings. The Morgan fingerprint density at radius 2 is 1.90 bits per heavy atom. The molecular weight excluding hydrogens is 260 g/mol. The number of rotatable bonds is 4. The SMILES string of the molecule is Cc1ccc(C(=O)O)cc1Oc1ccc(C(N)=O)cn1. The average Bonchev–Trinajstić information content (AvgIpc) is 2.41. The molecule has 6 heteroatoms. The number of hydrogen-bond donors (Lipinski definition) is 2. The number of hydrogen-bond acceptors (Lipinski definition) is 4. The van der Waals surface area contributed by atoms with E-state index in [9.17, 15) is 9.59 Å². The van der Waals surface area contributed by atoms with E-state index in [1.54, 1.807) is 13.0 Å². The molecular formula is C14H12N2O4. The van der Waals surface area contributed by atoms with Crippen LogP contribution in [0.3, 0.4) is 0 Å². The Kier molecular flexibility index (Phi) is 3.65. The van der Waals surface area contributed by atoms with E-state index in [0.29, 0.717) is 5.75 Å². The quantitative estimate of drug-likeness (QED) is 0.885. The van der Waals surface area contributed by atoms with Gasteiger partial charge in [0.15, 0.2) is 0 Å². The number of carbonyl (C=O) groups is 2. The first-order chi connectivity index (χ1) is 9.47. The van der Waals surface area contributed by atoms with Crippen LogP contribution in [0.25, 0.3) is 0 Å². The average molecular weight is 272 g/mol. The number of amides is 1. The lowest BCUT2D eigenvalue weighted by Crippen LogP contribution is -2.10. The fourth-order valence-corrected chi connectivity index (χ4v) is 1.54. The second-order valence-corrected chi connectivity index (χ2v) is 4.14. The van der Waals surface area contributed by atoms with Crippen molar-refractivity contribution in [2.24, 2.45) is 5.73 Å². The number of nitrogens with zero attached hydrogens (tertiary/aromatic N) is 1. The molecule has 0 bridgehead atoms. The smallest absolute Gasteiger partial charge is 0.335 e. The Bertz CT molecular complexity index is 665. The molecule has 0 aliphatic carbocycles. The van der Waals surface area contributed by atoms with E-state index in [0.717, 1.165) is 5.56 Å². The van der Waals surface area contributed by atoms with Crippen LogP contribution in [0, 0.1) is 6.92 Å². The van der Waals surface area contributed by atoms with Crippen LogP contribution in [0.1, 0.15) is 26.3 Å². The fraction of sp³-hybridized carbons (Fsp3) is 0.0714. The van der Waals surface area contributed by atoms with E-state index in [1.807, 2.05) is 0 Å². The summed E-state index contributed by atoms with van der Waals surface area (Å²) >= 11 is 0. The summed E-state index contributed by atoms with van der Waals surface area (Å²) in [5, 5.41) is 8.94. The summed E-state index contributed by atoms with van der Waals surface area (Å²) in [7, 11) is 0. The molecule has 0 radical (unpaired) electrons. The zero-order valence-electron chi connectivity index (χ0n) is 10.7. The molecule has 102 valence electrons. The summed E-state index contributed by atoms with van der Waals surface area (Å²) in [4.78, 5) is 25.8. The maximum absolute atomic E-state index is 10.9. The van der Waals surface area contributed by atoms with Gasteiger partial charge in [0.05, 0.1) is 11.1 Å². The number of carbonyl (C=O) groups excluding carboxylic acids is 1. The molecule has 2 aromatic rings. The third-order valence-electron chi connectivity index (χ3n) is 2.67. The largest absolute Gasteiger partial charge is 0.478 e. The molecule has 6 nitrogen and oxygen atoms in total. The summed E-state index contributed by atoms with van der Waals surface area (Å²) < 4.78 is 5.51. The molecule has 20 heavy (non-hydrogen) atoms. The number of nitrogens with two attached hydrogens (primary N) is 1. The number of aromatic carboxylic acids is 1. The van der Waals surface area contributed by atoms with Crippen LogP contribution in [-0.4, -0.2) is 22.0 Å². The van der Waals surface area contributed by atoms with Crippen LogP contribution in [0.2, 0.25) is 0 Å². The van der Waals surface area contributed by atoms with Crippen LogP contribution in [-0.2, 0) is 0 Å². The standard InChI is InChI=1S/C14H12N2O4/c1-8-2-3-9(14(18)19)6-11(8)20-12-5-4-10(7-16-12)13(15)17/h2-7H,1H3,(H2,15,17)(H,18,19). The lowest BCUT2D eigenvalue weighted by Gasteiger charge is -2.08. The van der Waals surface area contributed by atoms with Crippen molar-refractivity contribution in [3.8, 4) is 11.6 Å². The monoisotopic (exact) mass is 272 g/mol. The Morgan fingerprint density at radius 3 is 2.45 bits per heavy atom. The molecule has 0 aliphatic heterocycles. The number of aromatic nitrogens is 1. The zero-order chi connectivity index (χ0) is 14.7. The second-order valence-electron chi connectivity index (χ2n) is 4.14. The number of benzene rings is 1. The summed E-state index contributed by atoms with van der Waals surface area (Å²) in [6.07, 6.45) is 1.30. The van der Waals surface area contributed by atoms with Crippen LogP contribution >= 0.6 is 0 Å². The minimum Gasteiger partial charge on any atom is -0.478 e. The Labute approximate surface area is 114 Å². The third kappa shape index (κ3) is 2.92. The van der Waals surface area contributed by atoms with Crippen molar-refractivity contribution in [3.63, 3.8) is 0 Å². The van der Waals surface area contributed by atoms with Gasteiger partial charge >= 0.3 is 5.97 Å². The van der Waals surface area contributed by atoms with E-state index < -0.39 is 11.9 Å². The molecule has 0 atom stereocenters. The van der Waals surface area contributed by atoms with E-state index in [-0.39, 0.29) is 17.0 Å². The minimum absolute atomic E-state index is 0.124. The van der Waals surface area contributed by atoms with Crippen molar-refractivity contribution in [3.05, 3.63) is 53.2 Å².